The summed E-state index contributed by atoms with van der Waals surface area (Å²) in [6.45, 7) is 1.70. The van der Waals surface area contributed by atoms with Gasteiger partial charge in [-0.05, 0) is 37.5 Å². The SMILES string of the molecule is Cc1cc(S(=O)(=O)NC2CC(O)C2)cc(N)c1Cl. The summed E-state index contributed by atoms with van der Waals surface area (Å²) < 4.78 is 26.7. The molecular weight excluding hydrogens is 276 g/mol. The van der Waals surface area contributed by atoms with Gasteiger partial charge in [0.1, 0.15) is 0 Å². The van der Waals surface area contributed by atoms with Crippen molar-refractivity contribution >= 4 is 27.3 Å². The molecule has 1 aliphatic carbocycles. The van der Waals surface area contributed by atoms with Crippen molar-refractivity contribution in [3.63, 3.8) is 0 Å². The molecule has 1 saturated carbocycles. The van der Waals surface area contributed by atoms with E-state index in [9.17, 15) is 8.42 Å². The number of aryl methyl sites for hydroxylation is 1. The quantitative estimate of drug-likeness (QED) is 0.725. The highest BCUT2D eigenvalue weighted by atomic mass is 35.5. The molecule has 0 spiro atoms. The van der Waals surface area contributed by atoms with Gasteiger partial charge < -0.3 is 10.8 Å². The van der Waals surface area contributed by atoms with E-state index < -0.39 is 16.1 Å². The lowest BCUT2D eigenvalue weighted by Crippen LogP contribution is -2.46. The van der Waals surface area contributed by atoms with Gasteiger partial charge in [0.2, 0.25) is 10.0 Å². The van der Waals surface area contributed by atoms with Crippen molar-refractivity contribution in [3.05, 3.63) is 22.7 Å². The molecule has 0 heterocycles. The highest BCUT2D eigenvalue weighted by molar-refractivity contribution is 7.89. The van der Waals surface area contributed by atoms with Crippen molar-refractivity contribution < 1.29 is 13.5 Å². The van der Waals surface area contributed by atoms with Crippen LogP contribution >= 0.6 is 11.6 Å². The van der Waals surface area contributed by atoms with Gasteiger partial charge in [-0.15, -0.1) is 0 Å². The summed E-state index contributed by atoms with van der Waals surface area (Å²) >= 11 is 5.89. The van der Waals surface area contributed by atoms with Crippen LogP contribution in [0, 0.1) is 6.92 Å². The molecule has 18 heavy (non-hydrogen) atoms. The van der Waals surface area contributed by atoms with E-state index in [2.05, 4.69) is 4.72 Å². The number of hydrogen-bond acceptors (Lipinski definition) is 4. The van der Waals surface area contributed by atoms with Gasteiger partial charge in [0.05, 0.1) is 21.7 Å². The van der Waals surface area contributed by atoms with Gasteiger partial charge in [-0.2, -0.15) is 0 Å². The minimum atomic E-state index is -3.61. The van der Waals surface area contributed by atoms with Crippen LogP contribution in [0.4, 0.5) is 5.69 Å². The van der Waals surface area contributed by atoms with E-state index in [0.717, 1.165) is 0 Å². The van der Waals surface area contributed by atoms with Crippen LogP contribution < -0.4 is 10.5 Å². The molecule has 5 nitrogen and oxygen atoms in total. The molecule has 0 bridgehead atoms. The monoisotopic (exact) mass is 290 g/mol. The Hall–Kier alpha value is -0.820. The van der Waals surface area contributed by atoms with Gasteiger partial charge >= 0.3 is 0 Å². The second-order valence-corrected chi connectivity index (χ2v) is 6.68. The zero-order valence-electron chi connectivity index (χ0n) is 9.85. The standard InChI is InChI=1S/C11H15ClN2O3S/c1-6-2-9(5-10(13)11(6)12)18(16,17)14-7-3-8(15)4-7/h2,5,7-8,14-15H,3-4,13H2,1H3. The molecule has 0 aliphatic heterocycles. The maximum atomic E-state index is 12.1. The summed E-state index contributed by atoms with van der Waals surface area (Å²) in [5.74, 6) is 0. The normalized spacial score (nSPS) is 23.7. The number of hydrogen-bond donors (Lipinski definition) is 3. The summed E-state index contributed by atoms with van der Waals surface area (Å²) in [4.78, 5) is 0.100. The Morgan fingerprint density at radius 3 is 2.56 bits per heavy atom. The van der Waals surface area contributed by atoms with Crippen LogP contribution in [0.5, 0.6) is 0 Å². The van der Waals surface area contributed by atoms with Crippen LogP contribution in [0.15, 0.2) is 17.0 Å². The summed E-state index contributed by atoms with van der Waals surface area (Å²) in [5.41, 5.74) is 6.51. The Kier molecular flexibility index (Phi) is 3.55. The number of aliphatic hydroxyl groups is 1. The molecule has 0 atom stereocenters. The van der Waals surface area contributed by atoms with Crippen molar-refractivity contribution in [1.29, 1.82) is 0 Å². The van der Waals surface area contributed by atoms with E-state index in [1.807, 2.05) is 0 Å². The van der Waals surface area contributed by atoms with Crippen LogP contribution in [-0.4, -0.2) is 25.7 Å². The molecule has 0 radical (unpaired) electrons. The van der Waals surface area contributed by atoms with E-state index in [1.54, 1.807) is 6.92 Å². The average Bonchev–Trinajstić information content (AvgIpc) is 2.22. The minimum Gasteiger partial charge on any atom is -0.397 e. The number of nitrogen functional groups attached to an aromatic ring is 1. The molecule has 1 aromatic rings. The lowest BCUT2D eigenvalue weighted by atomic mass is 9.91. The largest absolute Gasteiger partial charge is 0.397 e. The predicted octanol–water partition coefficient (Wildman–Crippen LogP) is 1.03. The van der Waals surface area contributed by atoms with Crippen LogP contribution in [-0.2, 0) is 10.0 Å². The number of halogens is 1. The van der Waals surface area contributed by atoms with Gasteiger partial charge in [-0.25, -0.2) is 13.1 Å². The van der Waals surface area contributed by atoms with Gasteiger partial charge in [-0.3, -0.25) is 0 Å². The number of aliphatic hydroxyl groups excluding tert-OH is 1. The van der Waals surface area contributed by atoms with E-state index in [0.29, 0.717) is 23.4 Å². The van der Waals surface area contributed by atoms with Crippen LogP contribution in [0.1, 0.15) is 18.4 Å². The second-order valence-electron chi connectivity index (χ2n) is 4.59. The smallest absolute Gasteiger partial charge is 0.240 e. The Bertz CT molecular complexity index is 545. The van der Waals surface area contributed by atoms with Gasteiger partial charge in [-0.1, -0.05) is 11.6 Å². The number of nitrogens with one attached hydrogen (secondary N) is 1. The molecule has 0 unspecified atom stereocenters. The molecule has 0 saturated heterocycles. The maximum absolute atomic E-state index is 12.1. The fourth-order valence-corrected chi connectivity index (χ4v) is 3.38. The van der Waals surface area contributed by atoms with Crippen LogP contribution in [0.25, 0.3) is 0 Å². The Morgan fingerprint density at radius 2 is 2.06 bits per heavy atom. The molecular formula is C11H15ClN2O3S. The first kappa shape index (κ1) is 13.6. The van der Waals surface area contributed by atoms with Crippen LogP contribution in [0.2, 0.25) is 5.02 Å². The molecule has 1 aromatic carbocycles. The second kappa shape index (κ2) is 4.70. The number of anilines is 1. The van der Waals surface area contributed by atoms with Crippen molar-refractivity contribution in [2.75, 3.05) is 5.73 Å². The third-order valence-corrected chi connectivity index (χ3v) is 5.02. The molecule has 0 amide bonds. The predicted molar refractivity (Wildman–Crippen MR) is 70.0 cm³/mol. The average molecular weight is 291 g/mol. The molecule has 1 aliphatic rings. The van der Waals surface area contributed by atoms with E-state index in [1.165, 1.54) is 12.1 Å². The van der Waals surface area contributed by atoms with Crippen molar-refractivity contribution in [3.8, 4) is 0 Å². The molecule has 4 N–H and O–H groups in total. The van der Waals surface area contributed by atoms with Crippen molar-refractivity contribution in [2.45, 2.75) is 36.8 Å². The van der Waals surface area contributed by atoms with E-state index in [-0.39, 0.29) is 16.6 Å². The van der Waals surface area contributed by atoms with E-state index in [4.69, 9.17) is 22.4 Å². The van der Waals surface area contributed by atoms with Gasteiger partial charge in [0, 0.05) is 6.04 Å². The molecule has 7 heteroatoms. The third-order valence-electron chi connectivity index (χ3n) is 3.00. The highest BCUT2D eigenvalue weighted by Crippen LogP contribution is 2.28. The minimum absolute atomic E-state index is 0.100. The summed E-state index contributed by atoms with van der Waals surface area (Å²) in [6, 6.07) is 2.62. The van der Waals surface area contributed by atoms with Crippen molar-refractivity contribution in [1.82, 2.24) is 4.72 Å². The number of nitrogens with two attached hydrogens (primary N) is 1. The Morgan fingerprint density at radius 1 is 1.44 bits per heavy atom. The lowest BCUT2D eigenvalue weighted by molar-refractivity contribution is 0.0712. The lowest BCUT2D eigenvalue weighted by Gasteiger charge is -2.31. The van der Waals surface area contributed by atoms with E-state index >= 15 is 0 Å². The van der Waals surface area contributed by atoms with Gasteiger partial charge in [0.25, 0.3) is 0 Å². The molecule has 1 fully saturated rings. The maximum Gasteiger partial charge on any atom is 0.240 e. The topological polar surface area (TPSA) is 92.4 Å². The number of sulfonamides is 1. The number of benzene rings is 1. The number of rotatable bonds is 3. The zero-order chi connectivity index (χ0) is 13.5. The first-order valence-corrected chi connectivity index (χ1v) is 7.41. The summed E-state index contributed by atoms with van der Waals surface area (Å²) in [7, 11) is -3.61. The summed E-state index contributed by atoms with van der Waals surface area (Å²) in [5, 5.41) is 9.51. The molecule has 2 rings (SSSR count). The molecule has 0 aromatic heterocycles. The fraction of sp³-hybridized carbons (Fsp3) is 0.455. The Labute approximate surface area is 111 Å². The first-order chi connectivity index (χ1) is 8.29. The summed E-state index contributed by atoms with van der Waals surface area (Å²) in [6.07, 6.45) is 0.484. The first-order valence-electron chi connectivity index (χ1n) is 5.55. The fourth-order valence-electron chi connectivity index (χ4n) is 1.89. The zero-order valence-corrected chi connectivity index (χ0v) is 11.4. The highest BCUT2D eigenvalue weighted by Gasteiger charge is 2.31. The third kappa shape index (κ3) is 2.61. The van der Waals surface area contributed by atoms with Crippen LogP contribution in [0.3, 0.4) is 0 Å². The Balaban J connectivity index is 2.24. The molecule has 100 valence electrons. The van der Waals surface area contributed by atoms with Crippen molar-refractivity contribution in [2.24, 2.45) is 0 Å². The van der Waals surface area contributed by atoms with Gasteiger partial charge in [0.15, 0.2) is 0 Å².